The van der Waals surface area contributed by atoms with Crippen LogP contribution >= 0.6 is 22.9 Å². The maximum absolute atomic E-state index is 12.0. The number of anilines is 1. The summed E-state index contributed by atoms with van der Waals surface area (Å²) in [5, 5.41) is 0. The van der Waals surface area contributed by atoms with Crippen LogP contribution in [0.4, 0.5) is 5.82 Å². The smallest absolute Gasteiger partial charge is 0.348 e. The van der Waals surface area contributed by atoms with Crippen LogP contribution in [0.3, 0.4) is 0 Å². The maximum atomic E-state index is 12.0. The lowest BCUT2D eigenvalue weighted by Crippen LogP contribution is -2.35. The molecule has 0 saturated heterocycles. The number of halogens is 1. The zero-order chi connectivity index (χ0) is 16.4. The summed E-state index contributed by atoms with van der Waals surface area (Å²) in [4.78, 5) is 48.8. The van der Waals surface area contributed by atoms with Gasteiger partial charge in [0.15, 0.2) is 6.61 Å². The molecular formula is C12H10ClN3O5S. The van der Waals surface area contributed by atoms with Crippen molar-refractivity contribution < 1.29 is 14.3 Å². The van der Waals surface area contributed by atoms with E-state index in [0.29, 0.717) is 4.34 Å². The van der Waals surface area contributed by atoms with Gasteiger partial charge in [-0.3, -0.25) is 19.1 Å². The first-order chi connectivity index (χ1) is 10.3. The molecule has 0 aliphatic carbocycles. The zero-order valence-electron chi connectivity index (χ0n) is 11.2. The van der Waals surface area contributed by atoms with Crippen molar-refractivity contribution >= 4 is 40.5 Å². The summed E-state index contributed by atoms with van der Waals surface area (Å²) < 4.78 is 6.12. The van der Waals surface area contributed by atoms with E-state index < -0.39 is 35.2 Å². The van der Waals surface area contributed by atoms with Crippen LogP contribution in [0.2, 0.25) is 4.34 Å². The van der Waals surface area contributed by atoms with Crippen molar-refractivity contribution in [1.82, 2.24) is 9.55 Å². The molecule has 0 unspecified atom stereocenters. The molecule has 0 bridgehead atoms. The van der Waals surface area contributed by atoms with Gasteiger partial charge in [-0.15, -0.1) is 11.3 Å². The first kappa shape index (κ1) is 16.0. The Bertz CT molecular complexity index is 866. The number of H-pyrrole nitrogens is 1. The van der Waals surface area contributed by atoms with E-state index in [0.717, 1.165) is 15.9 Å². The van der Waals surface area contributed by atoms with E-state index in [-0.39, 0.29) is 10.7 Å². The first-order valence-electron chi connectivity index (χ1n) is 5.85. The Labute approximate surface area is 132 Å². The van der Waals surface area contributed by atoms with Crippen LogP contribution in [0.5, 0.6) is 0 Å². The standard InChI is InChI=1S/C12H10ClN3O5S/c1-16-9(14)8(10(18)15-12(16)20)5(17)4-21-11(19)6-2-3-7(13)22-6/h2-3H,4,14H2,1H3,(H,15,18,20). The van der Waals surface area contributed by atoms with Crippen molar-refractivity contribution in [1.29, 1.82) is 0 Å². The van der Waals surface area contributed by atoms with Crippen LogP contribution < -0.4 is 17.0 Å². The number of ether oxygens (including phenoxy) is 1. The van der Waals surface area contributed by atoms with E-state index in [1.54, 1.807) is 0 Å². The SMILES string of the molecule is Cn1c(N)c(C(=O)COC(=O)c2ccc(Cl)s2)c(=O)[nH]c1=O. The van der Waals surface area contributed by atoms with Crippen molar-refractivity contribution in [3.63, 3.8) is 0 Å². The Morgan fingerprint density at radius 1 is 1.41 bits per heavy atom. The fourth-order valence-corrected chi connectivity index (χ4v) is 2.54. The maximum Gasteiger partial charge on any atom is 0.348 e. The molecule has 8 nitrogen and oxygen atoms in total. The predicted molar refractivity (Wildman–Crippen MR) is 80.7 cm³/mol. The van der Waals surface area contributed by atoms with E-state index in [2.05, 4.69) is 0 Å². The van der Waals surface area contributed by atoms with Gasteiger partial charge in [-0.05, 0) is 12.1 Å². The summed E-state index contributed by atoms with van der Waals surface area (Å²) in [7, 11) is 1.30. The number of esters is 1. The summed E-state index contributed by atoms with van der Waals surface area (Å²) in [5.74, 6) is -1.86. The third-order valence-corrected chi connectivity index (χ3v) is 3.97. The number of hydrogen-bond acceptors (Lipinski definition) is 7. The lowest BCUT2D eigenvalue weighted by atomic mass is 10.2. The topological polar surface area (TPSA) is 124 Å². The molecule has 0 aliphatic rings. The molecule has 116 valence electrons. The Kier molecular flexibility index (Phi) is 4.48. The molecule has 0 saturated carbocycles. The summed E-state index contributed by atoms with van der Waals surface area (Å²) in [6.45, 7) is -0.681. The van der Waals surface area contributed by atoms with Crippen molar-refractivity contribution in [2.75, 3.05) is 12.3 Å². The summed E-state index contributed by atoms with van der Waals surface area (Å²) >= 11 is 6.68. The quantitative estimate of drug-likeness (QED) is 0.612. The molecule has 0 aliphatic heterocycles. The number of thiophene rings is 1. The molecule has 2 aromatic heterocycles. The van der Waals surface area contributed by atoms with Gasteiger partial charge < -0.3 is 10.5 Å². The molecule has 0 fully saturated rings. The molecule has 2 rings (SSSR count). The van der Waals surface area contributed by atoms with Crippen molar-refractivity contribution in [2.24, 2.45) is 7.05 Å². The normalized spacial score (nSPS) is 10.5. The Balaban J connectivity index is 2.17. The van der Waals surface area contributed by atoms with Gasteiger partial charge in [0.05, 0.1) is 4.34 Å². The average Bonchev–Trinajstić information content (AvgIpc) is 2.89. The van der Waals surface area contributed by atoms with Crippen LogP contribution in [0, 0.1) is 0 Å². The Hall–Kier alpha value is -2.39. The minimum absolute atomic E-state index is 0.222. The highest BCUT2D eigenvalue weighted by Gasteiger charge is 2.20. The van der Waals surface area contributed by atoms with Crippen LogP contribution in [0.15, 0.2) is 21.7 Å². The molecule has 2 heterocycles. The van der Waals surface area contributed by atoms with Gasteiger partial charge in [-0.1, -0.05) is 11.6 Å². The lowest BCUT2D eigenvalue weighted by molar-refractivity contribution is 0.0479. The molecule has 0 aromatic carbocycles. The second kappa shape index (κ2) is 6.16. The molecule has 0 radical (unpaired) electrons. The number of nitrogens with zero attached hydrogens (tertiary/aromatic N) is 1. The number of nitrogen functional groups attached to an aromatic ring is 1. The number of ketones is 1. The van der Waals surface area contributed by atoms with Crippen molar-refractivity contribution in [2.45, 2.75) is 0 Å². The fourth-order valence-electron chi connectivity index (χ4n) is 1.60. The number of aromatic nitrogens is 2. The summed E-state index contributed by atoms with van der Waals surface area (Å²) in [6.07, 6.45) is 0. The fraction of sp³-hybridized carbons (Fsp3) is 0.167. The highest BCUT2D eigenvalue weighted by Crippen LogP contribution is 2.22. The van der Waals surface area contributed by atoms with Gasteiger partial charge in [0.2, 0.25) is 5.78 Å². The van der Waals surface area contributed by atoms with Crippen LogP contribution in [-0.4, -0.2) is 27.9 Å². The largest absolute Gasteiger partial charge is 0.453 e. The zero-order valence-corrected chi connectivity index (χ0v) is 12.8. The second-order valence-corrected chi connectivity index (χ2v) is 5.90. The summed E-state index contributed by atoms with van der Waals surface area (Å²) in [6, 6.07) is 2.97. The number of carbonyl (C=O) groups excluding carboxylic acids is 2. The monoisotopic (exact) mass is 343 g/mol. The van der Waals surface area contributed by atoms with E-state index >= 15 is 0 Å². The molecule has 22 heavy (non-hydrogen) atoms. The van der Waals surface area contributed by atoms with Crippen LogP contribution in [-0.2, 0) is 11.8 Å². The van der Waals surface area contributed by atoms with Gasteiger partial charge in [0.25, 0.3) is 5.56 Å². The minimum atomic E-state index is -0.930. The molecule has 3 N–H and O–H groups in total. The average molecular weight is 344 g/mol. The van der Waals surface area contributed by atoms with Crippen LogP contribution in [0.25, 0.3) is 0 Å². The summed E-state index contributed by atoms with van der Waals surface area (Å²) in [5.41, 5.74) is 3.47. The van der Waals surface area contributed by atoms with E-state index in [4.69, 9.17) is 22.1 Å². The number of Topliss-reactive ketones (excluding diaryl/α,β-unsaturated/α-hetero) is 1. The Morgan fingerprint density at radius 3 is 2.68 bits per heavy atom. The van der Waals surface area contributed by atoms with E-state index in [1.165, 1.54) is 19.2 Å². The van der Waals surface area contributed by atoms with Gasteiger partial charge in [-0.25, -0.2) is 9.59 Å². The second-order valence-electron chi connectivity index (χ2n) is 4.18. The number of nitrogens with one attached hydrogen (secondary N) is 1. The van der Waals surface area contributed by atoms with E-state index in [1.807, 2.05) is 4.98 Å². The van der Waals surface area contributed by atoms with Crippen molar-refractivity contribution in [3.05, 3.63) is 47.7 Å². The third kappa shape index (κ3) is 3.10. The predicted octanol–water partition coefficient (Wildman–Crippen LogP) is 0.410. The van der Waals surface area contributed by atoms with Gasteiger partial charge in [0, 0.05) is 7.05 Å². The Morgan fingerprint density at radius 2 is 2.09 bits per heavy atom. The highest BCUT2D eigenvalue weighted by atomic mass is 35.5. The molecule has 10 heteroatoms. The number of carbonyl (C=O) groups is 2. The number of rotatable bonds is 4. The van der Waals surface area contributed by atoms with Crippen molar-refractivity contribution in [3.8, 4) is 0 Å². The minimum Gasteiger partial charge on any atom is -0.453 e. The molecule has 0 atom stereocenters. The highest BCUT2D eigenvalue weighted by molar-refractivity contribution is 7.17. The lowest BCUT2D eigenvalue weighted by Gasteiger charge is -2.07. The number of nitrogens with two attached hydrogens (primary N) is 1. The van der Waals surface area contributed by atoms with Gasteiger partial charge >= 0.3 is 11.7 Å². The molecule has 0 spiro atoms. The number of hydrogen-bond donors (Lipinski definition) is 2. The van der Waals surface area contributed by atoms with Gasteiger partial charge in [-0.2, -0.15) is 0 Å². The third-order valence-electron chi connectivity index (χ3n) is 2.76. The molecular weight excluding hydrogens is 334 g/mol. The molecule has 2 aromatic rings. The van der Waals surface area contributed by atoms with E-state index in [9.17, 15) is 19.2 Å². The molecule has 0 amide bonds. The van der Waals surface area contributed by atoms with Crippen LogP contribution in [0.1, 0.15) is 20.0 Å². The first-order valence-corrected chi connectivity index (χ1v) is 7.05. The van der Waals surface area contributed by atoms with Gasteiger partial charge in [0.1, 0.15) is 16.3 Å². The number of aromatic amines is 1.